The summed E-state index contributed by atoms with van der Waals surface area (Å²) < 4.78 is 22.4. The summed E-state index contributed by atoms with van der Waals surface area (Å²) in [7, 11) is -3.81. The molecular formula is C16H12ClN3O3S. The smallest absolute Gasteiger partial charge is 0.266 e. The van der Waals surface area contributed by atoms with Gasteiger partial charge in [-0.25, -0.2) is 13.6 Å². The molecule has 1 amide bonds. The molecule has 2 aromatic rings. The van der Waals surface area contributed by atoms with E-state index in [2.05, 4.69) is 5.32 Å². The zero-order chi connectivity index (χ0) is 17.7. The predicted octanol–water partition coefficient (Wildman–Crippen LogP) is 2.53. The molecule has 122 valence electrons. The number of benzene rings is 2. The molecule has 0 unspecified atom stereocenters. The van der Waals surface area contributed by atoms with Crippen LogP contribution >= 0.6 is 11.6 Å². The number of hydrogen-bond donors (Lipinski definition) is 2. The van der Waals surface area contributed by atoms with Crippen molar-refractivity contribution < 1.29 is 13.2 Å². The van der Waals surface area contributed by atoms with Crippen LogP contribution in [0.4, 0.5) is 5.69 Å². The molecule has 0 saturated heterocycles. The number of amides is 1. The maximum Gasteiger partial charge on any atom is 0.266 e. The molecule has 0 aliphatic carbocycles. The summed E-state index contributed by atoms with van der Waals surface area (Å²) in [6.45, 7) is 0. The number of hydrogen-bond acceptors (Lipinski definition) is 4. The fourth-order valence-electron chi connectivity index (χ4n) is 1.82. The summed E-state index contributed by atoms with van der Waals surface area (Å²) in [4.78, 5) is 12.1. The monoisotopic (exact) mass is 361 g/mol. The third kappa shape index (κ3) is 4.43. The first-order valence-corrected chi connectivity index (χ1v) is 8.54. The van der Waals surface area contributed by atoms with Crippen molar-refractivity contribution >= 4 is 39.3 Å². The minimum atomic E-state index is -3.81. The first-order chi connectivity index (χ1) is 11.3. The molecule has 24 heavy (non-hydrogen) atoms. The number of carbonyl (C=O) groups is 1. The van der Waals surface area contributed by atoms with Gasteiger partial charge >= 0.3 is 0 Å². The van der Waals surface area contributed by atoms with Gasteiger partial charge in [-0.2, -0.15) is 5.26 Å². The molecule has 0 heterocycles. The van der Waals surface area contributed by atoms with E-state index in [1.807, 2.05) is 6.07 Å². The van der Waals surface area contributed by atoms with Gasteiger partial charge < -0.3 is 5.32 Å². The molecule has 2 aromatic carbocycles. The van der Waals surface area contributed by atoms with Gasteiger partial charge in [-0.1, -0.05) is 29.8 Å². The summed E-state index contributed by atoms with van der Waals surface area (Å²) in [5, 5.41) is 17.1. The van der Waals surface area contributed by atoms with Crippen molar-refractivity contribution in [2.45, 2.75) is 4.90 Å². The van der Waals surface area contributed by atoms with E-state index >= 15 is 0 Å². The first-order valence-electron chi connectivity index (χ1n) is 6.62. The Labute approximate surface area is 144 Å². The Morgan fingerprint density at radius 2 is 1.79 bits per heavy atom. The van der Waals surface area contributed by atoms with Gasteiger partial charge in [-0.05, 0) is 42.0 Å². The SMILES string of the molecule is N#C/C(=C/c1ccccc1Cl)C(=O)Nc1ccc(S(N)(=O)=O)cc1. The van der Waals surface area contributed by atoms with Crippen LogP contribution in [0.15, 0.2) is 59.0 Å². The summed E-state index contributed by atoms with van der Waals surface area (Å²) >= 11 is 6.00. The first kappa shape index (κ1) is 17.7. The zero-order valence-corrected chi connectivity index (χ0v) is 13.8. The molecule has 2 rings (SSSR count). The highest BCUT2D eigenvalue weighted by Gasteiger charge is 2.12. The highest BCUT2D eigenvalue weighted by atomic mass is 35.5. The second-order valence-electron chi connectivity index (χ2n) is 4.71. The molecule has 6 nitrogen and oxygen atoms in total. The van der Waals surface area contributed by atoms with E-state index in [0.29, 0.717) is 16.3 Å². The average molecular weight is 362 g/mol. The van der Waals surface area contributed by atoms with E-state index in [0.717, 1.165) is 0 Å². The molecule has 3 N–H and O–H groups in total. The summed E-state index contributed by atoms with van der Waals surface area (Å²) in [6.07, 6.45) is 1.37. The lowest BCUT2D eigenvalue weighted by Crippen LogP contribution is -2.14. The fourth-order valence-corrected chi connectivity index (χ4v) is 2.53. The number of nitrogens with zero attached hydrogens (tertiary/aromatic N) is 1. The van der Waals surface area contributed by atoms with Gasteiger partial charge in [0.05, 0.1) is 4.90 Å². The van der Waals surface area contributed by atoms with Crippen molar-refractivity contribution in [3.05, 3.63) is 64.7 Å². The second-order valence-corrected chi connectivity index (χ2v) is 6.68. The molecule has 0 atom stereocenters. The normalized spacial score (nSPS) is 11.6. The number of nitriles is 1. The Hall–Kier alpha value is -2.66. The summed E-state index contributed by atoms with van der Waals surface area (Å²) in [5.74, 6) is -0.638. The Bertz CT molecular complexity index is 945. The van der Waals surface area contributed by atoms with Crippen LogP contribution in [0, 0.1) is 11.3 Å². The average Bonchev–Trinajstić information content (AvgIpc) is 2.53. The summed E-state index contributed by atoms with van der Waals surface area (Å²) in [6, 6.07) is 13.9. The lowest BCUT2D eigenvalue weighted by atomic mass is 10.1. The van der Waals surface area contributed by atoms with E-state index in [4.69, 9.17) is 22.0 Å². The van der Waals surface area contributed by atoms with E-state index < -0.39 is 15.9 Å². The van der Waals surface area contributed by atoms with Gasteiger partial charge in [0.1, 0.15) is 11.6 Å². The molecule has 0 aliphatic heterocycles. The fraction of sp³-hybridized carbons (Fsp3) is 0. The third-order valence-electron chi connectivity index (χ3n) is 3.01. The quantitative estimate of drug-likeness (QED) is 0.643. The maximum absolute atomic E-state index is 12.2. The highest BCUT2D eigenvalue weighted by molar-refractivity contribution is 7.89. The molecule has 0 radical (unpaired) electrons. The van der Waals surface area contributed by atoms with Crippen molar-refractivity contribution in [3.63, 3.8) is 0 Å². The maximum atomic E-state index is 12.2. The number of nitrogens with two attached hydrogens (primary N) is 1. The van der Waals surface area contributed by atoms with Gasteiger partial charge in [-0.3, -0.25) is 4.79 Å². The second kappa shape index (κ2) is 7.27. The van der Waals surface area contributed by atoms with Gasteiger partial charge in [0.25, 0.3) is 5.91 Å². The van der Waals surface area contributed by atoms with Crippen molar-refractivity contribution in [1.82, 2.24) is 0 Å². The van der Waals surface area contributed by atoms with Crippen molar-refractivity contribution in [3.8, 4) is 6.07 Å². The van der Waals surface area contributed by atoms with E-state index in [9.17, 15) is 13.2 Å². The Morgan fingerprint density at radius 3 is 2.33 bits per heavy atom. The van der Waals surface area contributed by atoms with E-state index in [-0.39, 0.29) is 10.5 Å². The summed E-state index contributed by atoms with van der Waals surface area (Å²) in [5.41, 5.74) is 0.724. The van der Waals surface area contributed by atoms with Crippen LogP contribution in [-0.2, 0) is 14.8 Å². The van der Waals surface area contributed by atoms with Gasteiger partial charge in [0.2, 0.25) is 10.0 Å². The molecule has 0 bridgehead atoms. The van der Waals surface area contributed by atoms with E-state index in [1.165, 1.54) is 30.3 Å². The van der Waals surface area contributed by atoms with Crippen molar-refractivity contribution in [1.29, 1.82) is 5.26 Å². The largest absolute Gasteiger partial charge is 0.321 e. The van der Waals surface area contributed by atoms with Crippen LogP contribution in [-0.4, -0.2) is 14.3 Å². The molecule has 8 heteroatoms. The lowest BCUT2D eigenvalue weighted by molar-refractivity contribution is -0.112. The number of primary sulfonamides is 1. The molecule has 0 spiro atoms. The van der Waals surface area contributed by atoms with E-state index in [1.54, 1.807) is 24.3 Å². The van der Waals surface area contributed by atoms with Crippen LogP contribution < -0.4 is 10.5 Å². The Kier molecular flexibility index (Phi) is 5.36. The minimum absolute atomic E-state index is 0.0763. The number of halogens is 1. The Morgan fingerprint density at radius 1 is 1.17 bits per heavy atom. The lowest BCUT2D eigenvalue weighted by Gasteiger charge is -2.05. The molecule has 0 fully saturated rings. The zero-order valence-electron chi connectivity index (χ0n) is 12.2. The van der Waals surface area contributed by atoms with Crippen LogP contribution in [0.2, 0.25) is 5.02 Å². The van der Waals surface area contributed by atoms with Gasteiger partial charge in [-0.15, -0.1) is 0 Å². The highest BCUT2D eigenvalue weighted by Crippen LogP contribution is 2.19. The van der Waals surface area contributed by atoms with Gasteiger partial charge in [0.15, 0.2) is 0 Å². The number of nitrogens with one attached hydrogen (secondary N) is 1. The van der Waals surface area contributed by atoms with Crippen molar-refractivity contribution in [2.75, 3.05) is 5.32 Å². The molecule has 0 saturated carbocycles. The standard InChI is InChI=1S/C16H12ClN3O3S/c17-15-4-2-1-3-11(15)9-12(10-18)16(21)20-13-5-7-14(8-6-13)24(19,22)23/h1-9H,(H,20,21)(H2,19,22,23)/b12-9-. The molecule has 0 aromatic heterocycles. The number of rotatable bonds is 4. The van der Waals surface area contributed by atoms with Crippen LogP contribution in [0.5, 0.6) is 0 Å². The third-order valence-corrected chi connectivity index (χ3v) is 4.28. The van der Waals surface area contributed by atoms with Crippen LogP contribution in [0.1, 0.15) is 5.56 Å². The number of carbonyl (C=O) groups excluding carboxylic acids is 1. The number of anilines is 1. The van der Waals surface area contributed by atoms with Crippen molar-refractivity contribution in [2.24, 2.45) is 5.14 Å². The van der Waals surface area contributed by atoms with Crippen LogP contribution in [0.3, 0.4) is 0 Å². The number of sulfonamides is 1. The van der Waals surface area contributed by atoms with Crippen LogP contribution in [0.25, 0.3) is 6.08 Å². The molecule has 0 aliphatic rings. The topological polar surface area (TPSA) is 113 Å². The molecular weight excluding hydrogens is 350 g/mol. The van der Waals surface area contributed by atoms with Gasteiger partial charge in [0, 0.05) is 10.7 Å². The predicted molar refractivity (Wildman–Crippen MR) is 91.5 cm³/mol. The Balaban J connectivity index is 2.22. The minimum Gasteiger partial charge on any atom is -0.321 e.